The number of nitrogens with one attached hydrogen (secondary N) is 1. The van der Waals surface area contributed by atoms with E-state index in [1.54, 1.807) is 0 Å². The molecule has 1 N–H and O–H groups in total. The van der Waals surface area contributed by atoms with Gasteiger partial charge in [-0.05, 0) is 49.4 Å². The van der Waals surface area contributed by atoms with Crippen LogP contribution in [0.25, 0.3) is 0 Å². The van der Waals surface area contributed by atoms with E-state index in [9.17, 15) is 4.79 Å². The number of esters is 1. The number of methoxy groups -OCH3 is 1. The van der Waals surface area contributed by atoms with Gasteiger partial charge in [-0.2, -0.15) is 0 Å². The second kappa shape index (κ2) is 5.31. The van der Waals surface area contributed by atoms with Gasteiger partial charge < -0.3 is 10.1 Å². The number of rotatable bonds is 3. The van der Waals surface area contributed by atoms with E-state index in [-0.39, 0.29) is 5.97 Å². The first-order chi connectivity index (χ1) is 8.55. The third-order valence-corrected chi connectivity index (χ3v) is 4.09. The summed E-state index contributed by atoms with van der Waals surface area (Å²) in [4.78, 5) is 12.1. The Balaban J connectivity index is 2.20. The second-order valence-electron chi connectivity index (χ2n) is 5.05. The number of carbonyl (C=O) groups excluding carboxylic acids is 1. The van der Waals surface area contributed by atoms with Crippen molar-refractivity contribution in [1.29, 1.82) is 0 Å². The molecule has 0 amide bonds. The SMILES string of the molecule is COC(=O)C1(Nc2ccc(Br)cc2)CCC(C)C1. The van der Waals surface area contributed by atoms with E-state index < -0.39 is 5.54 Å². The van der Waals surface area contributed by atoms with Crippen molar-refractivity contribution < 1.29 is 9.53 Å². The van der Waals surface area contributed by atoms with Crippen LogP contribution < -0.4 is 5.32 Å². The number of hydrogen-bond acceptors (Lipinski definition) is 3. The number of carbonyl (C=O) groups is 1. The van der Waals surface area contributed by atoms with E-state index in [1.807, 2.05) is 24.3 Å². The molecule has 1 aliphatic rings. The molecule has 0 aliphatic heterocycles. The fourth-order valence-electron chi connectivity index (χ4n) is 2.65. The molecule has 18 heavy (non-hydrogen) atoms. The molecule has 0 saturated heterocycles. The summed E-state index contributed by atoms with van der Waals surface area (Å²) < 4.78 is 6.00. The highest BCUT2D eigenvalue weighted by atomic mass is 79.9. The molecular weight excluding hydrogens is 294 g/mol. The summed E-state index contributed by atoms with van der Waals surface area (Å²) in [5.41, 5.74) is 0.403. The zero-order chi connectivity index (χ0) is 13.2. The van der Waals surface area contributed by atoms with Crippen molar-refractivity contribution in [3.8, 4) is 0 Å². The highest BCUT2D eigenvalue weighted by molar-refractivity contribution is 9.10. The third kappa shape index (κ3) is 2.69. The molecule has 4 heteroatoms. The van der Waals surface area contributed by atoms with Gasteiger partial charge in [0.05, 0.1) is 7.11 Å². The molecule has 0 radical (unpaired) electrons. The van der Waals surface area contributed by atoms with Crippen LogP contribution in [0.4, 0.5) is 5.69 Å². The Kier molecular flexibility index (Phi) is 3.95. The van der Waals surface area contributed by atoms with Crippen LogP contribution in [0.5, 0.6) is 0 Å². The molecule has 0 spiro atoms. The van der Waals surface area contributed by atoms with E-state index in [2.05, 4.69) is 28.2 Å². The number of anilines is 1. The normalized spacial score (nSPS) is 26.9. The van der Waals surface area contributed by atoms with E-state index in [0.29, 0.717) is 5.92 Å². The van der Waals surface area contributed by atoms with E-state index in [1.165, 1.54) is 7.11 Å². The van der Waals surface area contributed by atoms with Crippen LogP contribution >= 0.6 is 15.9 Å². The van der Waals surface area contributed by atoms with Gasteiger partial charge in [0.2, 0.25) is 0 Å². The van der Waals surface area contributed by atoms with Crippen molar-refractivity contribution in [2.45, 2.75) is 31.7 Å². The van der Waals surface area contributed by atoms with Crippen molar-refractivity contribution in [1.82, 2.24) is 0 Å². The minimum atomic E-state index is -0.554. The van der Waals surface area contributed by atoms with Crippen LogP contribution in [0.3, 0.4) is 0 Å². The smallest absolute Gasteiger partial charge is 0.331 e. The molecule has 1 saturated carbocycles. The first-order valence-electron chi connectivity index (χ1n) is 6.18. The number of halogens is 1. The van der Waals surface area contributed by atoms with Crippen molar-refractivity contribution in [3.05, 3.63) is 28.7 Å². The van der Waals surface area contributed by atoms with Crippen LogP contribution in [0, 0.1) is 5.92 Å². The third-order valence-electron chi connectivity index (χ3n) is 3.56. The minimum Gasteiger partial charge on any atom is -0.467 e. The molecule has 1 aliphatic carbocycles. The van der Waals surface area contributed by atoms with Crippen molar-refractivity contribution in [2.75, 3.05) is 12.4 Å². The summed E-state index contributed by atoms with van der Waals surface area (Å²) in [6.07, 6.45) is 2.71. The predicted molar refractivity (Wildman–Crippen MR) is 75.5 cm³/mol. The van der Waals surface area contributed by atoms with Crippen LogP contribution in [0.2, 0.25) is 0 Å². The summed E-state index contributed by atoms with van der Waals surface area (Å²) in [6.45, 7) is 2.17. The average Bonchev–Trinajstić information content (AvgIpc) is 2.74. The first-order valence-corrected chi connectivity index (χ1v) is 6.97. The molecule has 2 unspecified atom stereocenters. The van der Waals surface area contributed by atoms with Crippen LogP contribution in [0.15, 0.2) is 28.7 Å². The van der Waals surface area contributed by atoms with Crippen LogP contribution in [-0.2, 0) is 9.53 Å². The number of benzene rings is 1. The van der Waals surface area contributed by atoms with Gasteiger partial charge in [0, 0.05) is 10.2 Å². The van der Waals surface area contributed by atoms with Gasteiger partial charge in [0.1, 0.15) is 5.54 Å². The first kappa shape index (κ1) is 13.4. The minimum absolute atomic E-state index is 0.158. The molecule has 3 nitrogen and oxygen atoms in total. The Bertz CT molecular complexity index is 432. The highest BCUT2D eigenvalue weighted by Gasteiger charge is 2.45. The Labute approximate surface area is 116 Å². The zero-order valence-electron chi connectivity index (χ0n) is 10.7. The molecule has 2 atom stereocenters. The molecule has 1 fully saturated rings. The van der Waals surface area contributed by atoms with Crippen LogP contribution in [-0.4, -0.2) is 18.6 Å². The number of hydrogen-bond donors (Lipinski definition) is 1. The fourth-order valence-corrected chi connectivity index (χ4v) is 2.91. The van der Waals surface area contributed by atoms with Gasteiger partial charge in [-0.15, -0.1) is 0 Å². The summed E-state index contributed by atoms with van der Waals surface area (Å²) in [5, 5.41) is 3.37. The summed E-state index contributed by atoms with van der Waals surface area (Å²) in [7, 11) is 1.45. The van der Waals surface area contributed by atoms with Crippen molar-refractivity contribution in [3.63, 3.8) is 0 Å². The van der Waals surface area contributed by atoms with Gasteiger partial charge in [-0.25, -0.2) is 4.79 Å². The summed E-state index contributed by atoms with van der Waals surface area (Å²) in [5.74, 6) is 0.391. The van der Waals surface area contributed by atoms with E-state index in [0.717, 1.165) is 29.4 Å². The van der Waals surface area contributed by atoms with Gasteiger partial charge in [0.15, 0.2) is 0 Å². The summed E-state index contributed by atoms with van der Waals surface area (Å²) >= 11 is 3.40. The molecule has 1 aromatic carbocycles. The lowest BCUT2D eigenvalue weighted by molar-refractivity contribution is -0.145. The molecule has 0 bridgehead atoms. The maximum Gasteiger partial charge on any atom is 0.331 e. The maximum absolute atomic E-state index is 12.1. The summed E-state index contributed by atoms with van der Waals surface area (Å²) in [6, 6.07) is 7.87. The van der Waals surface area contributed by atoms with Gasteiger partial charge in [-0.3, -0.25) is 0 Å². The van der Waals surface area contributed by atoms with E-state index >= 15 is 0 Å². The average molecular weight is 312 g/mol. The molecule has 98 valence electrons. The molecule has 1 aromatic rings. The largest absolute Gasteiger partial charge is 0.467 e. The quantitative estimate of drug-likeness (QED) is 0.867. The number of ether oxygens (including phenoxy) is 1. The Morgan fingerprint density at radius 3 is 2.61 bits per heavy atom. The topological polar surface area (TPSA) is 38.3 Å². The van der Waals surface area contributed by atoms with Gasteiger partial charge in [0.25, 0.3) is 0 Å². The van der Waals surface area contributed by atoms with Crippen LogP contribution in [0.1, 0.15) is 26.2 Å². The van der Waals surface area contributed by atoms with Gasteiger partial charge >= 0.3 is 5.97 Å². The van der Waals surface area contributed by atoms with Crippen molar-refractivity contribution in [2.24, 2.45) is 5.92 Å². The lowest BCUT2D eigenvalue weighted by atomic mass is 9.95. The van der Waals surface area contributed by atoms with E-state index in [4.69, 9.17) is 4.74 Å². The predicted octanol–water partition coefficient (Wildman–Crippen LogP) is 3.59. The second-order valence-corrected chi connectivity index (χ2v) is 5.97. The lowest BCUT2D eigenvalue weighted by Crippen LogP contribution is -2.45. The monoisotopic (exact) mass is 311 g/mol. The highest BCUT2D eigenvalue weighted by Crippen LogP contribution is 2.38. The Morgan fingerprint density at radius 1 is 1.44 bits per heavy atom. The molecule has 0 heterocycles. The fraction of sp³-hybridized carbons (Fsp3) is 0.500. The van der Waals surface area contributed by atoms with Gasteiger partial charge in [-0.1, -0.05) is 22.9 Å². The lowest BCUT2D eigenvalue weighted by Gasteiger charge is -2.28. The molecule has 2 rings (SSSR count). The molecular formula is C14H18BrNO2. The Hall–Kier alpha value is -1.03. The maximum atomic E-state index is 12.1. The van der Waals surface area contributed by atoms with Crippen molar-refractivity contribution >= 4 is 27.6 Å². The Morgan fingerprint density at radius 2 is 2.11 bits per heavy atom. The zero-order valence-corrected chi connectivity index (χ0v) is 12.3. The standard InChI is InChI=1S/C14H18BrNO2/c1-10-7-8-14(9-10,13(17)18-2)16-12-5-3-11(15)4-6-12/h3-6,10,16H,7-9H2,1-2H3. The molecule has 0 aromatic heterocycles.